The zero-order chi connectivity index (χ0) is 30.8. The predicted octanol–water partition coefficient (Wildman–Crippen LogP) is 0.0882. The SMILES string of the molecule is CN(C)[C@@H]1C(=O)C(C(N)=O)C(=O)[C@@]2(O)C(=O)C3C(=O)c4c(cnc(NCC(C)(C)CNC(C)(C)C)c4O)C[C@H]3C[C@@H]12. The molecule has 0 radical (unpaired) electrons. The van der Waals surface area contributed by atoms with Gasteiger partial charge in [0.25, 0.3) is 0 Å². The normalized spacial score (nSPS) is 30.1. The maximum Gasteiger partial charge on any atom is 0.235 e. The van der Waals surface area contributed by atoms with E-state index >= 15 is 0 Å². The molecule has 1 heterocycles. The number of carbonyl (C=O) groups excluding carboxylic acids is 5. The van der Waals surface area contributed by atoms with Gasteiger partial charge >= 0.3 is 0 Å². The zero-order valence-corrected chi connectivity index (χ0v) is 24.7. The second-order valence-electron chi connectivity index (χ2n) is 13.8. The molecule has 0 aromatic carbocycles. The number of fused-ring (bicyclic) bond motifs is 3. The van der Waals surface area contributed by atoms with Crippen molar-refractivity contribution < 1.29 is 34.2 Å². The van der Waals surface area contributed by atoms with Crippen molar-refractivity contribution in [2.75, 3.05) is 32.5 Å². The standard InChI is InChI=1S/C29H41N5O7/c1-27(2,3)33-12-28(4,5)11-32-26-22(37)16-14(10-31-26)8-13-9-15-19(34(6)7)21(36)18(25(30)40)24(39)29(15,41)23(38)17(13)20(16)35/h10,13,15,17-19,33,37,41H,8-9,11-12H2,1-7H3,(H2,30,40)(H,31,32)/t13-,15-,17?,18?,19-,29-/m0/s1. The number of nitrogens with two attached hydrogens (primary N) is 1. The van der Waals surface area contributed by atoms with Gasteiger partial charge in [0, 0.05) is 30.7 Å². The molecule has 224 valence electrons. The van der Waals surface area contributed by atoms with Crippen LogP contribution in [0.1, 0.15) is 57.0 Å². The summed E-state index contributed by atoms with van der Waals surface area (Å²) < 4.78 is 0. The number of rotatable bonds is 7. The molecule has 3 aliphatic rings. The fourth-order valence-corrected chi connectivity index (χ4v) is 6.49. The third-order valence-corrected chi connectivity index (χ3v) is 8.63. The van der Waals surface area contributed by atoms with Crippen LogP contribution in [0, 0.1) is 29.1 Å². The van der Waals surface area contributed by atoms with E-state index in [1.165, 1.54) is 11.1 Å². The lowest BCUT2D eigenvalue weighted by molar-refractivity contribution is -0.181. The van der Waals surface area contributed by atoms with E-state index in [1.54, 1.807) is 14.1 Å². The Morgan fingerprint density at radius 2 is 1.76 bits per heavy atom. The highest BCUT2D eigenvalue weighted by Gasteiger charge is 2.69. The number of amides is 1. The molecule has 0 spiro atoms. The Hall–Kier alpha value is -3.22. The zero-order valence-electron chi connectivity index (χ0n) is 24.7. The highest BCUT2D eigenvalue weighted by Crippen LogP contribution is 2.51. The van der Waals surface area contributed by atoms with Crippen molar-refractivity contribution in [1.29, 1.82) is 0 Å². The van der Waals surface area contributed by atoms with E-state index in [0.717, 1.165) is 0 Å². The number of primary amides is 1. The van der Waals surface area contributed by atoms with Gasteiger partial charge in [0.05, 0.1) is 17.5 Å². The molecule has 12 nitrogen and oxygen atoms in total. The number of hydrogen-bond donors (Lipinski definition) is 5. The first kappa shape index (κ1) is 30.7. The average molecular weight is 572 g/mol. The summed E-state index contributed by atoms with van der Waals surface area (Å²) in [7, 11) is 3.09. The molecular weight excluding hydrogens is 530 g/mol. The summed E-state index contributed by atoms with van der Waals surface area (Å²) in [6.07, 6.45) is 1.66. The highest BCUT2D eigenvalue weighted by molar-refractivity contribution is 6.32. The van der Waals surface area contributed by atoms with Crippen LogP contribution in [0.4, 0.5) is 5.82 Å². The Morgan fingerprint density at radius 3 is 2.32 bits per heavy atom. The largest absolute Gasteiger partial charge is 0.504 e. The fourth-order valence-electron chi connectivity index (χ4n) is 6.49. The van der Waals surface area contributed by atoms with Crippen molar-refractivity contribution in [2.24, 2.45) is 34.8 Å². The van der Waals surface area contributed by atoms with Crippen molar-refractivity contribution in [3.05, 3.63) is 17.3 Å². The molecule has 2 fully saturated rings. The van der Waals surface area contributed by atoms with Gasteiger partial charge in [0.1, 0.15) is 0 Å². The summed E-state index contributed by atoms with van der Waals surface area (Å²) in [5.41, 5.74) is 2.64. The molecule has 41 heavy (non-hydrogen) atoms. The van der Waals surface area contributed by atoms with Gasteiger partial charge in [-0.05, 0) is 64.6 Å². The lowest BCUT2D eigenvalue weighted by Crippen LogP contribution is -2.74. The number of nitrogens with zero attached hydrogens (tertiary/aromatic N) is 2. The molecular formula is C29H41N5O7. The fraction of sp³-hybridized carbons (Fsp3) is 0.655. The number of ketones is 4. The van der Waals surface area contributed by atoms with E-state index in [1.807, 2.05) is 13.8 Å². The summed E-state index contributed by atoms with van der Waals surface area (Å²) >= 11 is 0. The molecule has 3 aliphatic carbocycles. The summed E-state index contributed by atoms with van der Waals surface area (Å²) in [6.45, 7) is 11.3. The second kappa shape index (κ2) is 10.2. The Bertz CT molecular complexity index is 1320. The lowest BCUT2D eigenvalue weighted by atomic mass is 9.52. The number of anilines is 1. The van der Waals surface area contributed by atoms with Gasteiger partial charge in [0.15, 0.2) is 46.2 Å². The number of aromatic nitrogens is 1. The molecule has 4 rings (SSSR count). The minimum Gasteiger partial charge on any atom is -0.504 e. The predicted molar refractivity (Wildman–Crippen MR) is 149 cm³/mol. The molecule has 1 aromatic rings. The summed E-state index contributed by atoms with van der Waals surface area (Å²) in [5.74, 6) is -10.7. The first-order valence-corrected chi connectivity index (χ1v) is 13.9. The summed E-state index contributed by atoms with van der Waals surface area (Å²) in [5, 5.41) is 29.3. The Balaban J connectivity index is 1.67. The highest BCUT2D eigenvalue weighted by atomic mass is 16.3. The molecule has 6 atom stereocenters. The number of aliphatic hydroxyl groups is 1. The van der Waals surface area contributed by atoms with E-state index < -0.39 is 70.1 Å². The Morgan fingerprint density at radius 1 is 1.12 bits per heavy atom. The number of Topliss-reactive ketones (excluding diaryl/α,β-unsaturated/α-hetero) is 4. The number of likely N-dealkylation sites (N-methyl/N-ethyl adjacent to an activating group) is 1. The molecule has 1 aromatic heterocycles. The van der Waals surface area contributed by atoms with Gasteiger partial charge in [-0.15, -0.1) is 0 Å². The van der Waals surface area contributed by atoms with E-state index in [9.17, 15) is 34.2 Å². The Labute approximate surface area is 239 Å². The Kier molecular flexibility index (Phi) is 7.68. The van der Waals surface area contributed by atoms with Crippen molar-refractivity contribution in [2.45, 2.75) is 64.6 Å². The van der Waals surface area contributed by atoms with Gasteiger partial charge in [-0.2, -0.15) is 0 Å². The minimum atomic E-state index is -2.75. The molecule has 6 N–H and O–H groups in total. The van der Waals surface area contributed by atoms with Crippen LogP contribution >= 0.6 is 0 Å². The van der Waals surface area contributed by atoms with Crippen LogP contribution in [0.25, 0.3) is 0 Å². The molecule has 0 aliphatic heterocycles. The van der Waals surface area contributed by atoms with E-state index in [2.05, 4.69) is 36.4 Å². The maximum absolute atomic E-state index is 13.9. The van der Waals surface area contributed by atoms with E-state index in [0.29, 0.717) is 18.7 Å². The third kappa shape index (κ3) is 5.17. The van der Waals surface area contributed by atoms with E-state index in [4.69, 9.17) is 5.73 Å². The first-order valence-electron chi connectivity index (χ1n) is 13.9. The molecule has 0 bridgehead atoms. The summed E-state index contributed by atoms with van der Waals surface area (Å²) in [6, 6.07) is -1.13. The number of nitrogens with one attached hydrogen (secondary N) is 2. The average Bonchev–Trinajstić information content (AvgIpc) is 2.84. The summed E-state index contributed by atoms with van der Waals surface area (Å²) in [4.78, 5) is 72.1. The maximum atomic E-state index is 13.9. The molecule has 1 amide bonds. The van der Waals surface area contributed by atoms with Crippen LogP contribution < -0.4 is 16.4 Å². The molecule has 2 unspecified atom stereocenters. The van der Waals surface area contributed by atoms with Crippen LogP contribution in [0.2, 0.25) is 0 Å². The monoisotopic (exact) mass is 571 g/mol. The van der Waals surface area contributed by atoms with Gasteiger partial charge in [0.2, 0.25) is 5.91 Å². The number of hydrogen-bond acceptors (Lipinski definition) is 11. The second-order valence-corrected chi connectivity index (χ2v) is 13.8. The van der Waals surface area contributed by atoms with Crippen molar-refractivity contribution >= 4 is 34.9 Å². The van der Waals surface area contributed by atoms with Crippen LogP contribution in [0.15, 0.2) is 6.20 Å². The third-order valence-electron chi connectivity index (χ3n) is 8.63. The molecule has 12 heteroatoms. The molecule has 0 saturated heterocycles. The van der Waals surface area contributed by atoms with Gasteiger partial charge in [-0.3, -0.25) is 28.9 Å². The molecule has 2 saturated carbocycles. The minimum absolute atomic E-state index is 0.000372. The van der Waals surface area contributed by atoms with E-state index in [-0.39, 0.29) is 35.2 Å². The quantitative estimate of drug-likeness (QED) is 0.279. The lowest BCUT2D eigenvalue weighted by Gasteiger charge is -2.52. The first-order chi connectivity index (χ1) is 18.8. The van der Waals surface area contributed by atoms with Crippen LogP contribution in [0.3, 0.4) is 0 Å². The number of aromatic hydroxyl groups is 1. The van der Waals surface area contributed by atoms with Crippen LogP contribution in [0.5, 0.6) is 5.75 Å². The van der Waals surface area contributed by atoms with Gasteiger partial charge in [-0.1, -0.05) is 13.8 Å². The number of pyridine rings is 1. The van der Waals surface area contributed by atoms with Crippen molar-refractivity contribution in [3.8, 4) is 5.75 Å². The topological polar surface area (TPSA) is 192 Å². The van der Waals surface area contributed by atoms with Crippen molar-refractivity contribution in [3.63, 3.8) is 0 Å². The van der Waals surface area contributed by atoms with Crippen LogP contribution in [-0.2, 0) is 25.6 Å². The van der Waals surface area contributed by atoms with Gasteiger partial charge < -0.3 is 26.6 Å². The number of carbonyl (C=O) groups is 5. The van der Waals surface area contributed by atoms with Gasteiger partial charge in [-0.25, -0.2) is 4.98 Å². The van der Waals surface area contributed by atoms with Crippen molar-refractivity contribution in [1.82, 2.24) is 15.2 Å². The smallest absolute Gasteiger partial charge is 0.235 e. The van der Waals surface area contributed by atoms with Crippen LogP contribution in [-0.4, -0.2) is 93.5 Å².